The van der Waals surface area contributed by atoms with Gasteiger partial charge in [-0.25, -0.2) is 4.68 Å². The van der Waals surface area contributed by atoms with Crippen LogP contribution in [0.2, 0.25) is 0 Å². The third-order valence-corrected chi connectivity index (χ3v) is 6.31. The monoisotopic (exact) mass is 459 g/mol. The van der Waals surface area contributed by atoms with E-state index in [0.717, 1.165) is 21.8 Å². The molecule has 158 valence electrons. The molecule has 9 heteroatoms. The predicted molar refractivity (Wildman–Crippen MR) is 127 cm³/mol. The Kier molecular flexibility index (Phi) is 5.49. The minimum atomic E-state index is -0.307. The average Bonchev–Trinajstić information content (AvgIpc) is 3.60. The Morgan fingerprint density at radius 1 is 1.03 bits per heavy atom. The Balaban J connectivity index is 1.51. The number of nitrogens with zero attached hydrogens (tertiary/aromatic N) is 4. The van der Waals surface area contributed by atoms with Crippen LogP contribution in [0.4, 0.5) is 5.13 Å². The van der Waals surface area contributed by atoms with Gasteiger partial charge in [-0.1, -0.05) is 41.7 Å². The zero-order valence-corrected chi connectivity index (χ0v) is 18.6. The molecule has 3 aromatic heterocycles. The molecule has 3 heterocycles. The van der Waals surface area contributed by atoms with Gasteiger partial charge < -0.3 is 4.74 Å². The minimum Gasteiger partial charge on any atom is -0.497 e. The summed E-state index contributed by atoms with van der Waals surface area (Å²) in [7, 11) is 1.61. The number of hydrogen-bond donors (Lipinski definition) is 1. The molecule has 0 fully saturated rings. The molecule has 0 unspecified atom stereocenters. The first-order valence-electron chi connectivity index (χ1n) is 9.68. The second-order valence-electron chi connectivity index (χ2n) is 6.78. The number of anilines is 1. The van der Waals surface area contributed by atoms with Crippen molar-refractivity contribution in [1.82, 2.24) is 20.0 Å². The molecular formula is C23H17N5O2S2. The van der Waals surface area contributed by atoms with Crippen molar-refractivity contribution in [3.05, 3.63) is 83.2 Å². The second-order valence-corrected chi connectivity index (χ2v) is 8.54. The molecule has 2 aromatic carbocycles. The van der Waals surface area contributed by atoms with Crippen molar-refractivity contribution in [3.8, 4) is 33.3 Å². The van der Waals surface area contributed by atoms with Crippen molar-refractivity contribution < 1.29 is 9.53 Å². The van der Waals surface area contributed by atoms with E-state index >= 15 is 0 Å². The number of ether oxygens (including phenoxy) is 1. The SMILES string of the molecule is COc1cccc(-c2nn(-c3ccccc3)cc2C(=O)Nc2nnc(-c3ccsc3)s2)c1. The van der Waals surface area contributed by atoms with Gasteiger partial charge in [0.05, 0.1) is 18.4 Å². The molecule has 5 aromatic rings. The molecule has 0 radical (unpaired) electrons. The van der Waals surface area contributed by atoms with Crippen LogP contribution in [0.25, 0.3) is 27.5 Å². The molecule has 0 aliphatic rings. The molecular weight excluding hydrogens is 442 g/mol. The van der Waals surface area contributed by atoms with Gasteiger partial charge in [-0.2, -0.15) is 16.4 Å². The molecule has 0 atom stereocenters. The highest BCUT2D eigenvalue weighted by molar-refractivity contribution is 7.19. The van der Waals surface area contributed by atoms with Gasteiger partial charge in [0.25, 0.3) is 5.91 Å². The maximum absolute atomic E-state index is 13.2. The molecule has 32 heavy (non-hydrogen) atoms. The fourth-order valence-electron chi connectivity index (χ4n) is 3.18. The van der Waals surface area contributed by atoms with E-state index in [1.54, 1.807) is 29.3 Å². The average molecular weight is 460 g/mol. The lowest BCUT2D eigenvalue weighted by molar-refractivity contribution is 0.102. The number of aromatic nitrogens is 4. The van der Waals surface area contributed by atoms with E-state index in [4.69, 9.17) is 9.84 Å². The summed E-state index contributed by atoms with van der Waals surface area (Å²) in [6.45, 7) is 0. The summed E-state index contributed by atoms with van der Waals surface area (Å²) in [5.74, 6) is 0.380. The van der Waals surface area contributed by atoms with Gasteiger partial charge in [0.2, 0.25) is 5.13 Å². The van der Waals surface area contributed by atoms with E-state index in [1.807, 2.05) is 71.4 Å². The highest BCUT2D eigenvalue weighted by atomic mass is 32.1. The zero-order valence-electron chi connectivity index (χ0n) is 16.9. The van der Waals surface area contributed by atoms with Crippen LogP contribution in [-0.4, -0.2) is 33.0 Å². The molecule has 0 aliphatic heterocycles. The number of thiophene rings is 1. The maximum Gasteiger partial charge on any atom is 0.261 e. The van der Waals surface area contributed by atoms with Gasteiger partial charge in [-0.3, -0.25) is 10.1 Å². The molecule has 0 aliphatic carbocycles. The zero-order chi connectivity index (χ0) is 21.9. The minimum absolute atomic E-state index is 0.307. The second kappa shape index (κ2) is 8.74. The van der Waals surface area contributed by atoms with E-state index in [0.29, 0.717) is 22.1 Å². The number of amides is 1. The quantitative estimate of drug-likeness (QED) is 0.369. The van der Waals surface area contributed by atoms with Crippen molar-refractivity contribution in [2.24, 2.45) is 0 Å². The summed E-state index contributed by atoms with van der Waals surface area (Å²) >= 11 is 2.92. The highest BCUT2D eigenvalue weighted by Gasteiger charge is 2.21. The summed E-state index contributed by atoms with van der Waals surface area (Å²) < 4.78 is 7.05. The molecule has 5 rings (SSSR count). The molecule has 0 saturated heterocycles. The smallest absolute Gasteiger partial charge is 0.261 e. The van der Waals surface area contributed by atoms with E-state index < -0.39 is 0 Å². The van der Waals surface area contributed by atoms with E-state index in [9.17, 15) is 4.79 Å². The number of methoxy groups -OCH3 is 1. The number of hydrogen-bond acceptors (Lipinski definition) is 7. The van der Waals surface area contributed by atoms with Gasteiger partial charge >= 0.3 is 0 Å². The first-order chi connectivity index (χ1) is 15.7. The fourth-order valence-corrected chi connectivity index (χ4v) is 4.63. The highest BCUT2D eigenvalue weighted by Crippen LogP contribution is 2.30. The third-order valence-electron chi connectivity index (χ3n) is 4.74. The molecule has 1 amide bonds. The van der Waals surface area contributed by atoms with Crippen LogP contribution in [0.15, 0.2) is 77.6 Å². The molecule has 1 N–H and O–H groups in total. The summed E-state index contributed by atoms with van der Waals surface area (Å²) in [6, 6.07) is 19.1. The Labute approximate surface area is 192 Å². The topological polar surface area (TPSA) is 81.9 Å². The molecule has 7 nitrogen and oxygen atoms in total. The number of carbonyl (C=O) groups is 1. The Hall–Kier alpha value is -3.82. The van der Waals surface area contributed by atoms with Crippen molar-refractivity contribution in [1.29, 1.82) is 0 Å². The predicted octanol–water partition coefficient (Wildman–Crippen LogP) is 5.38. The lowest BCUT2D eigenvalue weighted by atomic mass is 10.1. The largest absolute Gasteiger partial charge is 0.497 e. The molecule has 0 saturated carbocycles. The molecule has 0 spiro atoms. The summed E-state index contributed by atoms with van der Waals surface area (Å²) in [6.07, 6.45) is 1.72. The Bertz CT molecular complexity index is 1360. The van der Waals surface area contributed by atoms with Crippen molar-refractivity contribution in [3.63, 3.8) is 0 Å². The van der Waals surface area contributed by atoms with Crippen LogP contribution >= 0.6 is 22.7 Å². The first-order valence-corrected chi connectivity index (χ1v) is 11.4. The summed E-state index contributed by atoms with van der Waals surface area (Å²) in [5, 5.41) is 21.0. The lowest BCUT2D eigenvalue weighted by Gasteiger charge is -2.04. The van der Waals surface area contributed by atoms with Gasteiger partial charge in [-0.05, 0) is 35.7 Å². The first kappa shape index (κ1) is 20.1. The Morgan fingerprint density at radius 3 is 2.69 bits per heavy atom. The van der Waals surface area contributed by atoms with Crippen LogP contribution in [0.3, 0.4) is 0 Å². The van der Waals surface area contributed by atoms with Crippen LogP contribution < -0.4 is 10.1 Å². The van der Waals surface area contributed by atoms with E-state index in [-0.39, 0.29) is 5.91 Å². The number of rotatable bonds is 6. The van der Waals surface area contributed by atoms with Gasteiger partial charge in [0, 0.05) is 22.7 Å². The summed E-state index contributed by atoms with van der Waals surface area (Å²) in [4.78, 5) is 13.2. The van der Waals surface area contributed by atoms with Gasteiger partial charge in [0.15, 0.2) is 0 Å². The standard InChI is InChI=1S/C23H17N5O2S2/c1-30-18-9-5-6-15(12-18)20-19(13-28(27-20)17-7-3-2-4-8-17)21(29)24-23-26-25-22(32-23)16-10-11-31-14-16/h2-14H,1H3,(H,24,26,29). The Morgan fingerprint density at radius 2 is 1.91 bits per heavy atom. The van der Waals surface area contributed by atoms with Crippen LogP contribution in [0.1, 0.15) is 10.4 Å². The lowest BCUT2D eigenvalue weighted by Crippen LogP contribution is -2.12. The van der Waals surface area contributed by atoms with Crippen molar-refractivity contribution in [2.75, 3.05) is 12.4 Å². The van der Waals surface area contributed by atoms with E-state index in [1.165, 1.54) is 11.3 Å². The number of carbonyl (C=O) groups excluding carboxylic acids is 1. The van der Waals surface area contributed by atoms with Gasteiger partial charge in [0.1, 0.15) is 16.5 Å². The normalized spacial score (nSPS) is 10.8. The fraction of sp³-hybridized carbons (Fsp3) is 0.0435. The van der Waals surface area contributed by atoms with E-state index in [2.05, 4.69) is 15.5 Å². The number of nitrogens with one attached hydrogen (secondary N) is 1. The van der Waals surface area contributed by atoms with Gasteiger partial charge in [-0.15, -0.1) is 10.2 Å². The third kappa shape index (κ3) is 4.03. The van der Waals surface area contributed by atoms with Crippen molar-refractivity contribution >= 4 is 33.7 Å². The number of para-hydroxylation sites is 1. The van der Waals surface area contributed by atoms with Crippen molar-refractivity contribution in [2.45, 2.75) is 0 Å². The summed E-state index contributed by atoms with van der Waals surface area (Å²) in [5.41, 5.74) is 3.59. The van der Waals surface area contributed by atoms with Crippen LogP contribution in [-0.2, 0) is 0 Å². The maximum atomic E-state index is 13.2. The number of benzene rings is 2. The molecule has 0 bridgehead atoms. The van der Waals surface area contributed by atoms with Crippen LogP contribution in [0, 0.1) is 0 Å². The van der Waals surface area contributed by atoms with Crippen LogP contribution in [0.5, 0.6) is 5.75 Å².